The van der Waals surface area contributed by atoms with E-state index in [9.17, 15) is 9.90 Å². The number of methoxy groups -OCH3 is 1. The van der Waals surface area contributed by atoms with Crippen LogP contribution in [0.3, 0.4) is 0 Å². The minimum atomic E-state index is -1.18. The zero-order valence-electron chi connectivity index (χ0n) is 12.5. The molecule has 2 rings (SSSR count). The number of carbonyl (C=O) groups is 1. The Bertz CT molecular complexity index is 656. The Kier molecular flexibility index (Phi) is 5.06. The van der Waals surface area contributed by atoms with E-state index in [2.05, 4.69) is 5.32 Å². The molecule has 22 heavy (non-hydrogen) atoms. The fourth-order valence-corrected chi connectivity index (χ4v) is 2.39. The molecule has 0 aliphatic carbocycles. The number of amides is 1. The van der Waals surface area contributed by atoms with Crippen LogP contribution in [0.5, 0.6) is 5.75 Å². The zero-order chi connectivity index (χ0) is 16.2. The summed E-state index contributed by atoms with van der Waals surface area (Å²) in [6, 6.07) is 14.1. The summed E-state index contributed by atoms with van der Waals surface area (Å²) < 4.78 is 5.16. The van der Waals surface area contributed by atoms with E-state index in [1.807, 2.05) is 30.3 Å². The van der Waals surface area contributed by atoms with Crippen LogP contribution in [-0.2, 0) is 5.60 Å². The summed E-state index contributed by atoms with van der Waals surface area (Å²) in [5, 5.41) is 13.5. The number of ether oxygens (including phenoxy) is 1. The largest absolute Gasteiger partial charge is 0.496 e. The predicted molar refractivity (Wildman–Crippen MR) is 86.4 cm³/mol. The molecule has 2 aromatic carbocycles. The van der Waals surface area contributed by atoms with Gasteiger partial charge in [-0.2, -0.15) is 0 Å². The molecule has 0 bridgehead atoms. The number of hydrogen-bond acceptors (Lipinski definition) is 3. The smallest absolute Gasteiger partial charge is 0.256 e. The first-order valence-electron chi connectivity index (χ1n) is 6.84. The monoisotopic (exact) mass is 319 g/mol. The Balaban J connectivity index is 2.14. The maximum atomic E-state index is 12.3. The van der Waals surface area contributed by atoms with Gasteiger partial charge < -0.3 is 15.2 Å². The van der Waals surface area contributed by atoms with Gasteiger partial charge in [-0.15, -0.1) is 0 Å². The van der Waals surface area contributed by atoms with Crippen molar-refractivity contribution in [3.05, 3.63) is 64.7 Å². The minimum Gasteiger partial charge on any atom is -0.496 e. The second kappa shape index (κ2) is 6.81. The molecule has 0 heterocycles. The van der Waals surface area contributed by atoms with Gasteiger partial charge >= 0.3 is 0 Å². The molecule has 0 aliphatic rings. The van der Waals surface area contributed by atoms with Crippen LogP contribution in [0, 0.1) is 0 Å². The molecule has 1 unspecified atom stereocenters. The van der Waals surface area contributed by atoms with Crippen LogP contribution in [-0.4, -0.2) is 24.7 Å². The second-order valence-corrected chi connectivity index (χ2v) is 5.55. The number of carbonyl (C=O) groups excluding carboxylic acids is 1. The lowest BCUT2D eigenvalue weighted by Gasteiger charge is -2.24. The maximum Gasteiger partial charge on any atom is 0.256 e. The van der Waals surface area contributed by atoms with Gasteiger partial charge in [-0.1, -0.05) is 48.0 Å². The molecule has 4 nitrogen and oxygen atoms in total. The molecular formula is C17H18ClNO3. The average Bonchev–Trinajstić information content (AvgIpc) is 2.53. The lowest BCUT2D eigenvalue weighted by Crippen LogP contribution is -2.38. The molecule has 0 saturated carbocycles. The van der Waals surface area contributed by atoms with Gasteiger partial charge in [0, 0.05) is 0 Å². The van der Waals surface area contributed by atoms with Gasteiger partial charge in [0.15, 0.2) is 0 Å². The minimum absolute atomic E-state index is 0.0597. The molecule has 1 atom stereocenters. The summed E-state index contributed by atoms with van der Waals surface area (Å²) in [4.78, 5) is 12.3. The fourth-order valence-electron chi connectivity index (χ4n) is 2.13. The first-order chi connectivity index (χ1) is 10.5. The third-order valence-electron chi connectivity index (χ3n) is 3.41. The molecular weight excluding hydrogens is 302 g/mol. The third kappa shape index (κ3) is 3.59. The van der Waals surface area contributed by atoms with Gasteiger partial charge in [0.2, 0.25) is 0 Å². The Hall–Kier alpha value is -2.04. The van der Waals surface area contributed by atoms with Crippen molar-refractivity contribution in [1.82, 2.24) is 5.32 Å². The second-order valence-electron chi connectivity index (χ2n) is 5.14. The molecule has 0 aromatic heterocycles. The Morgan fingerprint density at radius 1 is 1.23 bits per heavy atom. The van der Waals surface area contributed by atoms with Crippen LogP contribution in [0.15, 0.2) is 48.5 Å². The highest BCUT2D eigenvalue weighted by molar-refractivity contribution is 6.34. The van der Waals surface area contributed by atoms with Crippen LogP contribution < -0.4 is 10.1 Å². The number of nitrogens with one attached hydrogen (secondary N) is 1. The molecule has 5 heteroatoms. The highest BCUT2D eigenvalue weighted by Gasteiger charge is 2.25. The summed E-state index contributed by atoms with van der Waals surface area (Å²) in [6.07, 6.45) is 0. The van der Waals surface area contributed by atoms with E-state index in [0.717, 1.165) is 5.56 Å². The van der Waals surface area contributed by atoms with E-state index in [-0.39, 0.29) is 12.1 Å². The normalized spacial score (nSPS) is 13.3. The summed E-state index contributed by atoms with van der Waals surface area (Å²) in [7, 11) is 1.47. The van der Waals surface area contributed by atoms with Crippen molar-refractivity contribution in [3.8, 4) is 5.75 Å². The van der Waals surface area contributed by atoms with Gasteiger partial charge in [-0.3, -0.25) is 4.79 Å². The molecule has 0 fully saturated rings. The van der Waals surface area contributed by atoms with Crippen molar-refractivity contribution < 1.29 is 14.6 Å². The highest BCUT2D eigenvalue weighted by atomic mass is 35.5. The first kappa shape index (κ1) is 16.3. The fraction of sp³-hybridized carbons (Fsp3) is 0.235. The lowest BCUT2D eigenvalue weighted by molar-refractivity contribution is 0.0525. The van der Waals surface area contributed by atoms with Gasteiger partial charge in [-0.25, -0.2) is 0 Å². The average molecular weight is 320 g/mol. The number of hydrogen-bond donors (Lipinski definition) is 2. The molecule has 0 spiro atoms. The molecule has 0 saturated heterocycles. The predicted octanol–water partition coefficient (Wildman–Crippen LogP) is 2.99. The van der Waals surface area contributed by atoms with E-state index in [4.69, 9.17) is 16.3 Å². The van der Waals surface area contributed by atoms with Gasteiger partial charge in [0.05, 0.1) is 24.2 Å². The van der Waals surface area contributed by atoms with Crippen molar-refractivity contribution in [1.29, 1.82) is 0 Å². The standard InChI is InChI=1S/C17H18ClNO3/c1-17(21,12-7-4-3-5-8-12)11-19-16(20)15-13(18)9-6-10-14(15)22-2/h3-10,21H,11H2,1-2H3,(H,19,20). The third-order valence-corrected chi connectivity index (χ3v) is 3.73. The SMILES string of the molecule is COc1cccc(Cl)c1C(=O)NCC(C)(O)c1ccccc1. The van der Waals surface area contributed by atoms with Crippen LogP contribution in [0.25, 0.3) is 0 Å². The molecule has 116 valence electrons. The van der Waals surface area contributed by atoms with Gasteiger partial charge in [0.1, 0.15) is 11.4 Å². The van der Waals surface area contributed by atoms with Crippen LogP contribution in [0.1, 0.15) is 22.8 Å². The Morgan fingerprint density at radius 3 is 2.55 bits per heavy atom. The molecule has 2 N–H and O–H groups in total. The van der Waals surface area contributed by atoms with Gasteiger partial charge in [0.25, 0.3) is 5.91 Å². The Morgan fingerprint density at radius 2 is 1.91 bits per heavy atom. The summed E-state index contributed by atoms with van der Waals surface area (Å²) >= 11 is 6.07. The van der Waals surface area contributed by atoms with E-state index >= 15 is 0 Å². The van der Waals surface area contributed by atoms with E-state index in [0.29, 0.717) is 10.8 Å². The van der Waals surface area contributed by atoms with Crippen molar-refractivity contribution in [2.75, 3.05) is 13.7 Å². The van der Waals surface area contributed by atoms with Crippen molar-refractivity contribution in [2.24, 2.45) is 0 Å². The number of aliphatic hydroxyl groups is 1. The highest BCUT2D eigenvalue weighted by Crippen LogP contribution is 2.26. The van der Waals surface area contributed by atoms with Crippen LogP contribution in [0.4, 0.5) is 0 Å². The van der Waals surface area contributed by atoms with Crippen molar-refractivity contribution in [3.63, 3.8) is 0 Å². The van der Waals surface area contributed by atoms with Crippen LogP contribution >= 0.6 is 11.6 Å². The van der Waals surface area contributed by atoms with Crippen LogP contribution in [0.2, 0.25) is 5.02 Å². The van der Waals surface area contributed by atoms with Gasteiger partial charge in [-0.05, 0) is 24.6 Å². The molecule has 0 aliphatic heterocycles. The zero-order valence-corrected chi connectivity index (χ0v) is 13.2. The summed E-state index contributed by atoms with van der Waals surface area (Å²) in [5.74, 6) is 0.00279. The Labute approximate surface area is 134 Å². The first-order valence-corrected chi connectivity index (χ1v) is 7.22. The number of rotatable bonds is 5. The van der Waals surface area contributed by atoms with E-state index < -0.39 is 11.5 Å². The molecule has 1 amide bonds. The quantitative estimate of drug-likeness (QED) is 0.890. The van der Waals surface area contributed by atoms with E-state index in [1.54, 1.807) is 25.1 Å². The van der Waals surface area contributed by atoms with E-state index in [1.165, 1.54) is 7.11 Å². The lowest BCUT2D eigenvalue weighted by atomic mass is 9.96. The summed E-state index contributed by atoms with van der Waals surface area (Å²) in [6.45, 7) is 1.71. The molecule has 2 aromatic rings. The maximum absolute atomic E-state index is 12.3. The summed E-state index contributed by atoms with van der Waals surface area (Å²) in [5.41, 5.74) is -0.192. The number of benzene rings is 2. The molecule has 0 radical (unpaired) electrons. The topological polar surface area (TPSA) is 58.6 Å². The van der Waals surface area contributed by atoms with Crippen molar-refractivity contribution in [2.45, 2.75) is 12.5 Å². The number of halogens is 1. The van der Waals surface area contributed by atoms with Crippen molar-refractivity contribution >= 4 is 17.5 Å².